The maximum atomic E-state index is 5.93. The van der Waals surface area contributed by atoms with Gasteiger partial charge in [0.2, 0.25) is 0 Å². The molecular formula is C20H18N4O. The van der Waals surface area contributed by atoms with E-state index in [1.807, 2.05) is 18.5 Å². The molecule has 0 radical (unpaired) electrons. The molecule has 3 heterocycles. The van der Waals surface area contributed by atoms with Crippen molar-refractivity contribution in [2.75, 3.05) is 19.7 Å². The second-order valence-electron chi connectivity index (χ2n) is 6.37. The zero-order chi connectivity index (χ0) is 16.8. The lowest BCUT2D eigenvalue weighted by molar-refractivity contribution is 0.374. The SMILES string of the molecule is Cn1c2ccc(OCC3=NCCN3)cc2c2cc3cnccc3cc21. The van der Waals surface area contributed by atoms with Crippen LogP contribution in [0.5, 0.6) is 5.75 Å². The lowest BCUT2D eigenvalue weighted by Gasteiger charge is -2.07. The number of rotatable bonds is 3. The minimum atomic E-state index is 0.489. The first-order valence-corrected chi connectivity index (χ1v) is 8.45. The summed E-state index contributed by atoms with van der Waals surface area (Å²) in [6.07, 6.45) is 3.75. The van der Waals surface area contributed by atoms with Gasteiger partial charge in [-0.25, -0.2) is 0 Å². The normalized spacial score (nSPS) is 14.2. The molecule has 0 unspecified atom stereocenters. The Labute approximate surface area is 144 Å². The standard InChI is InChI=1S/C20H18N4O/c1-24-18-3-2-15(25-12-20-22-6-7-23-20)10-17(18)16-8-14-11-21-5-4-13(14)9-19(16)24/h2-5,8-11H,6-7,12H2,1H3,(H,22,23). The van der Waals surface area contributed by atoms with E-state index in [4.69, 9.17) is 4.74 Å². The van der Waals surface area contributed by atoms with Gasteiger partial charge in [0.05, 0.1) is 6.54 Å². The van der Waals surface area contributed by atoms with Crippen LogP contribution in [0.1, 0.15) is 0 Å². The first-order chi connectivity index (χ1) is 12.3. The van der Waals surface area contributed by atoms with Crippen molar-refractivity contribution in [1.29, 1.82) is 0 Å². The maximum absolute atomic E-state index is 5.93. The second-order valence-corrected chi connectivity index (χ2v) is 6.37. The molecule has 0 fully saturated rings. The Hall–Kier alpha value is -3.08. The van der Waals surface area contributed by atoms with Crippen molar-refractivity contribution >= 4 is 38.4 Å². The first-order valence-electron chi connectivity index (χ1n) is 8.45. The van der Waals surface area contributed by atoms with Gasteiger partial charge in [-0.1, -0.05) is 0 Å². The molecular weight excluding hydrogens is 312 g/mol. The Morgan fingerprint density at radius 2 is 2.00 bits per heavy atom. The van der Waals surface area contributed by atoms with Gasteiger partial charge in [0, 0.05) is 53.2 Å². The summed E-state index contributed by atoms with van der Waals surface area (Å²) in [4.78, 5) is 8.62. The van der Waals surface area contributed by atoms with E-state index in [-0.39, 0.29) is 0 Å². The van der Waals surface area contributed by atoms with Gasteiger partial charge in [0.25, 0.3) is 0 Å². The third kappa shape index (κ3) is 2.31. The van der Waals surface area contributed by atoms with E-state index < -0.39 is 0 Å². The second kappa shape index (κ2) is 5.48. The van der Waals surface area contributed by atoms with E-state index in [1.165, 1.54) is 27.2 Å². The number of aryl methyl sites for hydroxylation is 1. The van der Waals surface area contributed by atoms with Crippen molar-refractivity contribution in [3.63, 3.8) is 0 Å². The number of fused-ring (bicyclic) bond motifs is 4. The van der Waals surface area contributed by atoms with Gasteiger partial charge in [-0.15, -0.1) is 0 Å². The Bertz CT molecular complexity index is 1140. The van der Waals surface area contributed by atoms with Crippen molar-refractivity contribution in [2.24, 2.45) is 12.0 Å². The number of nitrogens with one attached hydrogen (secondary N) is 1. The van der Waals surface area contributed by atoms with E-state index in [0.717, 1.165) is 30.1 Å². The van der Waals surface area contributed by atoms with Gasteiger partial charge in [-0.3, -0.25) is 9.98 Å². The smallest absolute Gasteiger partial charge is 0.145 e. The molecule has 0 aliphatic carbocycles. The van der Waals surface area contributed by atoms with E-state index in [1.54, 1.807) is 0 Å². The minimum Gasteiger partial charge on any atom is -0.486 e. The quantitative estimate of drug-likeness (QED) is 0.627. The molecule has 124 valence electrons. The van der Waals surface area contributed by atoms with E-state index in [9.17, 15) is 0 Å². The zero-order valence-corrected chi connectivity index (χ0v) is 14.0. The van der Waals surface area contributed by atoms with Crippen LogP contribution in [0.3, 0.4) is 0 Å². The van der Waals surface area contributed by atoms with Crippen molar-refractivity contribution in [2.45, 2.75) is 0 Å². The van der Waals surface area contributed by atoms with Crippen LogP contribution in [-0.2, 0) is 7.05 Å². The highest BCUT2D eigenvalue weighted by molar-refractivity contribution is 6.12. The molecule has 0 bridgehead atoms. The molecule has 4 aromatic rings. The van der Waals surface area contributed by atoms with Gasteiger partial charge < -0.3 is 14.6 Å². The summed E-state index contributed by atoms with van der Waals surface area (Å²) >= 11 is 0. The summed E-state index contributed by atoms with van der Waals surface area (Å²) in [5.41, 5.74) is 2.41. The van der Waals surface area contributed by atoms with Gasteiger partial charge in [-0.05, 0) is 41.8 Å². The third-order valence-corrected chi connectivity index (χ3v) is 4.86. The summed E-state index contributed by atoms with van der Waals surface area (Å²) < 4.78 is 8.16. The van der Waals surface area contributed by atoms with Crippen LogP contribution >= 0.6 is 0 Å². The molecule has 25 heavy (non-hydrogen) atoms. The number of pyridine rings is 1. The number of nitrogens with zero attached hydrogens (tertiary/aromatic N) is 3. The molecule has 0 spiro atoms. The van der Waals surface area contributed by atoms with Gasteiger partial charge in [0.15, 0.2) is 0 Å². The molecule has 0 saturated heterocycles. The molecule has 0 atom stereocenters. The fourth-order valence-electron chi connectivity index (χ4n) is 3.56. The topological polar surface area (TPSA) is 51.4 Å². The molecule has 5 nitrogen and oxygen atoms in total. The summed E-state index contributed by atoms with van der Waals surface area (Å²) in [7, 11) is 2.11. The van der Waals surface area contributed by atoms with Gasteiger partial charge in [0.1, 0.15) is 18.2 Å². The molecule has 0 amide bonds. The van der Waals surface area contributed by atoms with Crippen molar-refractivity contribution < 1.29 is 4.74 Å². The van der Waals surface area contributed by atoms with Gasteiger partial charge in [-0.2, -0.15) is 0 Å². The lowest BCUT2D eigenvalue weighted by atomic mass is 10.1. The highest BCUT2D eigenvalue weighted by Gasteiger charge is 2.11. The predicted octanol–water partition coefficient (Wildman–Crippen LogP) is 3.26. The Morgan fingerprint density at radius 1 is 1.08 bits per heavy atom. The Kier molecular flexibility index (Phi) is 3.13. The highest BCUT2D eigenvalue weighted by Crippen LogP contribution is 2.33. The summed E-state index contributed by atoms with van der Waals surface area (Å²) in [6, 6.07) is 12.8. The fraction of sp³-hybridized carbons (Fsp3) is 0.200. The van der Waals surface area contributed by atoms with Gasteiger partial charge >= 0.3 is 0 Å². The maximum Gasteiger partial charge on any atom is 0.145 e. The van der Waals surface area contributed by atoms with Crippen LogP contribution in [0.2, 0.25) is 0 Å². The lowest BCUT2D eigenvalue weighted by Crippen LogP contribution is -2.24. The minimum absolute atomic E-state index is 0.489. The van der Waals surface area contributed by atoms with Crippen LogP contribution in [0.15, 0.2) is 53.8 Å². The molecule has 0 saturated carbocycles. The largest absolute Gasteiger partial charge is 0.486 e. The molecule has 1 N–H and O–H groups in total. The van der Waals surface area contributed by atoms with E-state index in [0.29, 0.717) is 6.61 Å². The summed E-state index contributed by atoms with van der Waals surface area (Å²) in [5, 5.41) is 8.01. The number of hydrogen-bond donors (Lipinski definition) is 1. The number of ether oxygens (including phenoxy) is 1. The number of benzene rings is 2. The van der Waals surface area contributed by atoms with Crippen molar-refractivity contribution in [3.05, 3.63) is 48.8 Å². The number of aromatic nitrogens is 2. The molecule has 1 aliphatic rings. The van der Waals surface area contributed by atoms with Crippen LogP contribution in [0.25, 0.3) is 32.6 Å². The van der Waals surface area contributed by atoms with Crippen LogP contribution in [0.4, 0.5) is 0 Å². The molecule has 5 rings (SSSR count). The average Bonchev–Trinajstić information content (AvgIpc) is 3.26. The summed E-state index contributed by atoms with van der Waals surface area (Å²) in [6.45, 7) is 2.23. The Balaban J connectivity index is 1.63. The van der Waals surface area contributed by atoms with Crippen molar-refractivity contribution in [1.82, 2.24) is 14.9 Å². The Morgan fingerprint density at radius 3 is 2.88 bits per heavy atom. The fourth-order valence-corrected chi connectivity index (χ4v) is 3.56. The average molecular weight is 330 g/mol. The van der Waals surface area contributed by atoms with E-state index >= 15 is 0 Å². The van der Waals surface area contributed by atoms with Crippen LogP contribution < -0.4 is 10.1 Å². The van der Waals surface area contributed by atoms with Crippen LogP contribution in [0, 0.1) is 0 Å². The summed E-state index contributed by atoms with van der Waals surface area (Å²) in [5.74, 6) is 1.79. The van der Waals surface area contributed by atoms with E-state index in [2.05, 4.69) is 57.2 Å². The number of amidine groups is 1. The predicted molar refractivity (Wildman–Crippen MR) is 102 cm³/mol. The monoisotopic (exact) mass is 330 g/mol. The zero-order valence-electron chi connectivity index (χ0n) is 14.0. The number of hydrogen-bond acceptors (Lipinski definition) is 4. The molecule has 1 aliphatic heterocycles. The first kappa shape index (κ1) is 14.3. The third-order valence-electron chi connectivity index (χ3n) is 4.86. The molecule has 5 heteroatoms. The molecule has 2 aromatic heterocycles. The number of aliphatic imine (C=N–C) groups is 1. The van der Waals surface area contributed by atoms with Crippen LogP contribution in [-0.4, -0.2) is 35.1 Å². The van der Waals surface area contributed by atoms with Crippen molar-refractivity contribution in [3.8, 4) is 5.75 Å². The highest BCUT2D eigenvalue weighted by atomic mass is 16.5. The molecule has 2 aromatic carbocycles.